The van der Waals surface area contributed by atoms with E-state index in [9.17, 15) is 4.79 Å². The molecule has 0 unspecified atom stereocenters. The minimum atomic E-state index is -0.0518. The summed E-state index contributed by atoms with van der Waals surface area (Å²) in [5, 5.41) is 3.23. The first-order valence-electron chi connectivity index (χ1n) is 8.71. The van der Waals surface area contributed by atoms with Crippen molar-refractivity contribution in [2.75, 3.05) is 32.2 Å². The number of ether oxygens (including phenoxy) is 1. The highest BCUT2D eigenvalue weighted by atomic mass is 16.5. The van der Waals surface area contributed by atoms with E-state index in [1.807, 2.05) is 61.6 Å². The third-order valence-electron chi connectivity index (χ3n) is 4.69. The van der Waals surface area contributed by atoms with Gasteiger partial charge in [-0.15, -0.1) is 0 Å². The van der Waals surface area contributed by atoms with Crippen LogP contribution in [0.15, 0.2) is 48.8 Å². The Morgan fingerprint density at radius 3 is 2.72 bits per heavy atom. The van der Waals surface area contributed by atoms with Crippen LogP contribution in [0.3, 0.4) is 0 Å². The molecule has 0 radical (unpaired) electrons. The van der Waals surface area contributed by atoms with Gasteiger partial charge in [0.2, 0.25) is 0 Å². The number of benzene rings is 1. The van der Waals surface area contributed by atoms with Gasteiger partial charge in [-0.25, -0.2) is 0 Å². The molecule has 1 aromatic carbocycles. The largest absolute Gasteiger partial charge is 0.381 e. The van der Waals surface area contributed by atoms with Gasteiger partial charge in [0.1, 0.15) is 0 Å². The van der Waals surface area contributed by atoms with Gasteiger partial charge in [-0.1, -0.05) is 12.1 Å². The van der Waals surface area contributed by atoms with Gasteiger partial charge < -0.3 is 15.0 Å². The SMILES string of the molecule is CN(C)c1cccc(C(=O)N[C@@H](c2cccnc2)C2CCOCC2)c1. The number of anilines is 1. The minimum Gasteiger partial charge on any atom is -0.381 e. The predicted molar refractivity (Wildman–Crippen MR) is 98.8 cm³/mol. The molecule has 25 heavy (non-hydrogen) atoms. The second-order valence-corrected chi connectivity index (χ2v) is 6.63. The predicted octanol–water partition coefficient (Wildman–Crippen LogP) is 3.05. The zero-order chi connectivity index (χ0) is 17.6. The number of amides is 1. The smallest absolute Gasteiger partial charge is 0.251 e. The molecule has 0 bridgehead atoms. The van der Waals surface area contributed by atoms with Gasteiger partial charge in [0.05, 0.1) is 6.04 Å². The first kappa shape index (κ1) is 17.4. The van der Waals surface area contributed by atoms with Crippen molar-refractivity contribution >= 4 is 11.6 Å². The van der Waals surface area contributed by atoms with Crippen molar-refractivity contribution in [1.82, 2.24) is 10.3 Å². The maximum Gasteiger partial charge on any atom is 0.251 e. The zero-order valence-electron chi connectivity index (χ0n) is 14.8. The summed E-state index contributed by atoms with van der Waals surface area (Å²) in [7, 11) is 3.94. The Morgan fingerprint density at radius 1 is 1.24 bits per heavy atom. The van der Waals surface area contributed by atoms with Gasteiger partial charge in [-0.2, -0.15) is 0 Å². The van der Waals surface area contributed by atoms with Crippen LogP contribution >= 0.6 is 0 Å². The van der Waals surface area contributed by atoms with Crippen molar-refractivity contribution in [2.24, 2.45) is 5.92 Å². The van der Waals surface area contributed by atoms with Gasteiger partial charge in [-0.3, -0.25) is 9.78 Å². The molecule has 1 aromatic heterocycles. The molecule has 1 atom stereocenters. The molecule has 0 aliphatic carbocycles. The lowest BCUT2D eigenvalue weighted by molar-refractivity contribution is 0.0513. The maximum atomic E-state index is 12.9. The third kappa shape index (κ3) is 4.37. The first-order valence-corrected chi connectivity index (χ1v) is 8.71. The second kappa shape index (κ2) is 8.12. The highest BCUT2D eigenvalue weighted by Gasteiger charge is 2.27. The third-order valence-corrected chi connectivity index (χ3v) is 4.69. The summed E-state index contributed by atoms with van der Waals surface area (Å²) in [6.45, 7) is 1.49. The molecule has 1 aliphatic heterocycles. The molecule has 2 aromatic rings. The van der Waals surface area contributed by atoms with Crippen LogP contribution in [-0.2, 0) is 4.74 Å². The molecule has 5 nitrogen and oxygen atoms in total. The number of carbonyl (C=O) groups excluding carboxylic acids is 1. The summed E-state index contributed by atoms with van der Waals surface area (Å²) in [6.07, 6.45) is 5.48. The van der Waals surface area contributed by atoms with Gasteiger partial charge in [0.15, 0.2) is 0 Å². The number of rotatable bonds is 5. The fraction of sp³-hybridized carbons (Fsp3) is 0.400. The summed E-state index contributed by atoms with van der Waals surface area (Å²) in [4.78, 5) is 19.1. The summed E-state index contributed by atoms with van der Waals surface area (Å²) in [5.41, 5.74) is 2.73. The molecule has 132 valence electrons. The molecule has 1 amide bonds. The summed E-state index contributed by atoms with van der Waals surface area (Å²) < 4.78 is 5.48. The minimum absolute atomic E-state index is 0.0480. The lowest BCUT2D eigenvalue weighted by atomic mass is 9.87. The van der Waals surface area contributed by atoms with E-state index in [-0.39, 0.29) is 11.9 Å². The number of nitrogens with zero attached hydrogens (tertiary/aromatic N) is 2. The maximum absolute atomic E-state index is 12.9. The Morgan fingerprint density at radius 2 is 2.04 bits per heavy atom. The van der Waals surface area contributed by atoms with Crippen molar-refractivity contribution in [2.45, 2.75) is 18.9 Å². The van der Waals surface area contributed by atoms with E-state index in [1.165, 1.54) is 0 Å². The molecular formula is C20H25N3O2. The van der Waals surface area contributed by atoms with Crippen molar-refractivity contribution in [1.29, 1.82) is 0 Å². The van der Waals surface area contributed by atoms with Crippen LogP contribution in [0.25, 0.3) is 0 Å². The number of pyridine rings is 1. The lowest BCUT2D eigenvalue weighted by Crippen LogP contribution is -2.36. The molecule has 1 N–H and O–H groups in total. The van der Waals surface area contributed by atoms with Crippen LogP contribution in [0.1, 0.15) is 34.8 Å². The average Bonchev–Trinajstić information content (AvgIpc) is 2.67. The van der Waals surface area contributed by atoms with Crippen molar-refractivity contribution < 1.29 is 9.53 Å². The summed E-state index contributed by atoms with van der Waals surface area (Å²) in [6, 6.07) is 11.6. The monoisotopic (exact) mass is 339 g/mol. The molecule has 5 heteroatoms. The van der Waals surface area contributed by atoms with Crippen molar-refractivity contribution in [3.63, 3.8) is 0 Å². The Balaban J connectivity index is 1.82. The number of hydrogen-bond donors (Lipinski definition) is 1. The molecule has 0 spiro atoms. The second-order valence-electron chi connectivity index (χ2n) is 6.63. The Labute approximate surface area is 149 Å². The van der Waals surface area contributed by atoms with E-state index in [1.54, 1.807) is 6.20 Å². The van der Waals surface area contributed by atoms with Crippen LogP contribution in [0.5, 0.6) is 0 Å². The molecule has 3 rings (SSSR count). The molecule has 2 heterocycles. The van der Waals surface area contributed by atoms with E-state index in [0.29, 0.717) is 11.5 Å². The van der Waals surface area contributed by atoms with E-state index in [0.717, 1.165) is 37.3 Å². The van der Waals surface area contributed by atoms with Crippen molar-refractivity contribution in [3.05, 3.63) is 59.9 Å². The Hall–Kier alpha value is -2.40. The molecule has 0 saturated carbocycles. The van der Waals surface area contributed by atoms with Crippen LogP contribution in [0.2, 0.25) is 0 Å². The van der Waals surface area contributed by atoms with Gasteiger partial charge in [-0.05, 0) is 48.6 Å². The highest BCUT2D eigenvalue weighted by molar-refractivity contribution is 5.95. The van der Waals surface area contributed by atoms with Crippen LogP contribution in [0, 0.1) is 5.92 Å². The van der Waals surface area contributed by atoms with E-state index < -0.39 is 0 Å². The topological polar surface area (TPSA) is 54.5 Å². The van der Waals surface area contributed by atoms with Crippen LogP contribution < -0.4 is 10.2 Å². The van der Waals surface area contributed by atoms with Crippen LogP contribution in [-0.4, -0.2) is 38.2 Å². The standard InChI is InChI=1S/C20H25N3O2/c1-23(2)18-7-3-5-16(13-18)20(24)22-19(15-8-11-25-12-9-15)17-6-4-10-21-14-17/h3-7,10,13-15,19H,8-9,11-12H2,1-2H3,(H,22,24)/t19-/m1/s1. The fourth-order valence-electron chi connectivity index (χ4n) is 3.23. The summed E-state index contributed by atoms with van der Waals surface area (Å²) >= 11 is 0. The molecule has 1 aliphatic rings. The lowest BCUT2D eigenvalue weighted by Gasteiger charge is -2.31. The zero-order valence-corrected chi connectivity index (χ0v) is 14.8. The fourth-order valence-corrected chi connectivity index (χ4v) is 3.23. The molecule has 1 fully saturated rings. The number of nitrogens with one attached hydrogen (secondary N) is 1. The van der Waals surface area contributed by atoms with Crippen LogP contribution in [0.4, 0.5) is 5.69 Å². The normalized spacial score (nSPS) is 16.2. The van der Waals surface area contributed by atoms with E-state index >= 15 is 0 Å². The highest BCUT2D eigenvalue weighted by Crippen LogP contribution is 2.30. The molecule has 1 saturated heterocycles. The Kier molecular flexibility index (Phi) is 5.66. The van der Waals surface area contributed by atoms with Gasteiger partial charge in [0, 0.05) is 51.0 Å². The Bertz CT molecular complexity index is 697. The van der Waals surface area contributed by atoms with Gasteiger partial charge >= 0.3 is 0 Å². The molecular weight excluding hydrogens is 314 g/mol. The summed E-state index contributed by atoms with van der Waals surface area (Å²) in [5.74, 6) is 0.308. The number of carbonyl (C=O) groups is 1. The average molecular weight is 339 g/mol. The van der Waals surface area contributed by atoms with Crippen molar-refractivity contribution in [3.8, 4) is 0 Å². The van der Waals surface area contributed by atoms with Gasteiger partial charge in [0.25, 0.3) is 5.91 Å². The number of aromatic nitrogens is 1. The van der Waals surface area contributed by atoms with E-state index in [4.69, 9.17) is 4.74 Å². The van der Waals surface area contributed by atoms with E-state index in [2.05, 4.69) is 10.3 Å². The quantitative estimate of drug-likeness (QED) is 0.910. The first-order chi connectivity index (χ1) is 12.1. The number of hydrogen-bond acceptors (Lipinski definition) is 4.